The first-order chi connectivity index (χ1) is 31.9. The van der Waals surface area contributed by atoms with E-state index in [1.807, 2.05) is 111 Å². The van der Waals surface area contributed by atoms with E-state index in [0.29, 0.717) is 30.9 Å². The molecule has 5 unspecified atom stereocenters. The molecule has 2 aromatic carbocycles. The summed E-state index contributed by atoms with van der Waals surface area (Å²) in [6.45, 7) is 29.9. The van der Waals surface area contributed by atoms with Crippen LogP contribution in [0.1, 0.15) is 147 Å². The lowest BCUT2D eigenvalue weighted by atomic mass is 9.78. The summed E-state index contributed by atoms with van der Waals surface area (Å²) in [7, 11) is 3.38. The summed E-state index contributed by atoms with van der Waals surface area (Å²) >= 11 is 0. The van der Waals surface area contributed by atoms with Crippen LogP contribution in [0.25, 0.3) is 5.57 Å². The summed E-state index contributed by atoms with van der Waals surface area (Å²) < 4.78 is 11.7. The van der Waals surface area contributed by atoms with Gasteiger partial charge in [0, 0.05) is 53.9 Å². The zero-order valence-corrected chi connectivity index (χ0v) is 44.3. The molecule has 68 heavy (non-hydrogen) atoms. The van der Waals surface area contributed by atoms with Crippen LogP contribution in [-0.4, -0.2) is 96.8 Å². The number of likely N-dealkylation sites (N-methyl/N-ethyl adjacent to an activating group) is 1. The number of ether oxygens (including phenoxy) is 2. The van der Waals surface area contributed by atoms with Crippen molar-refractivity contribution in [3.63, 3.8) is 0 Å². The number of rotatable bonds is 22. The highest BCUT2D eigenvalue weighted by molar-refractivity contribution is 6.04. The smallest absolute Gasteiger partial charge is 0.241 e. The van der Waals surface area contributed by atoms with Crippen molar-refractivity contribution < 1.29 is 38.2 Å². The van der Waals surface area contributed by atoms with Crippen LogP contribution in [0.2, 0.25) is 0 Å². The minimum atomic E-state index is -0.839. The van der Waals surface area contributed by atoms with E-state index in [1.54, 1.807) is 39.8 Å². The molecule has 5 amide bonds. The molecule has 5 atom stereocenters. The molecule has 0 saturated carbocycles. The number of nitrogens with zero attached hydrogens (tertiary/aromatic N) is 3. The Balaban J connectivity index is 0.000000480. The number of anilines is 1. The molecule has 4 rings (SSSR count). The van der Waals surface area contributed by atoms with Crippen LogP contribution in [-0.2, 0) is 28.8 Å². The van der Waals surface area contributed by atoms with Crippen molar-refractivity contribution in [3.05, 3.63) is 53.7 Å². The average Bonchev–Trinajstić information content (AvgIpc) is 3.86. The molecule has 2 aromatic rings. The number of aryl methyl sites for hydroxylation is 1. The standard InChI is InChI=1S/C31H42N4O4.C21H36N2O4.C2H6/c1-8-13-31(4,5)19-39-29-16-27(21(2)14-28(29)38-7)33-17-26-15-24(18-35(26)20-36)23-9-11-25(12-10-23)34-30(37)22(3)32-6;1-9-14(4)15-10-17(25)23(18(15)26)21(7,8)12-20(5,6)19(27)22-16(11-24)13(2)3;1-2/h9-12,14,16-18,20,22,26,32H,8,13,15,19H2,1-7H3,(H,34,37);11,13-16H,9-10,12H2,1-8H3,(H,22,27);1-2H3. The molecular formula is C54H84N6O8. The van der Waals surface area contributed by atoms with Gasteiger partial charge in [-0.1, -0.05) is 101 Å². The third kappa shape index (κ3) is 16.1. The first-order valence-corrected chi connectivity index (χ1v) is 24.4. The lowest BCUT2D eigenvalue weighted by Crippen LogP contribution is -2.54. The Morgan fingerprint density at radius 1 is 0.941 bits per heavy atom. The van der Waals surface area contributed by atoms with Crippen LogP contribution < -0.4 is 25.4 Å². The molecule has 0 radical (unpaired) electrons. The largest absolute Gasteiger partial charge is 0.493 e. The number of nitrogens with one attached hydrogen (secondary N) is 3. The van der Waals surface area contributed by atoms with Crippen molar-refractivity contribution in [2.75, 3.05) is 26.1 Å². The van der Waals surface area contributed by atoms with Crippen molar-refractivity contribution in [2.24, 2.45) is 33.6 Å². The predicted octanol–water partition coefficient (Wildman–Crippen LogP) is 9.70. The van der Waals surface area contributed by atoms with Gasteiger partial charge in [-0.05, 0) is 99.7 Å². The molecule has 2 heterocycles. The Bertz CT molecular complexity index is 2070. The molecule has 2 aliphatic heterocycles. The fourth-order valence-electron chi connectivity index (χ4n) is 8.46. The zero-order valence-electron chi connectivity index (χ0n) is 44.3. The molecule has 1 fully saturated rings. The maximum Gasteiger partial charge on any atom is 0.241 e. The highest BCUT2D eigenvalue weighted by Crippen LogP contribution is 2.40. The Morgan fingerprint density at radius 3 is 2.10 bits per heavy atom. The molecule has 378 valence electrons. The van der Waals surface area contributed by atoms with Crippen LogP contribution in [0, 0.1) is 35.5 Å². The summed E-state index contributed by atoms with van der Waals surface area (Å²) in [5, 5.41) is 8.60. The quantitative estimate of drug-likeness (QED) is 0.0590. The van der Waals surface area contributed by atoms with Gasteiger partial charge >= 0.3 is 0 Å². The SMILES string of the molecule is CC.CCC(C)C1CC(=O)N(C(C)(C)CC(C)(C)C(=O)NC(C=O)C(C)C)C1=O.CCCC(C)(C)COc1cc(N=CC2CC(c3ccc(NC(=O)C(C)NC)cc3)=CN2C=O)c(C)cc1OC. The van der Waals surface area contributed by atoms with Gasteiger partial charge in [0.25, 0.3) is 0 Å². The Labute approximate surface area is 407 Å². The van der Waals surface area contributed by atoms with Gasteiger partial charge in [0.1, 0.15) is 6.29 Å². The van der Waals surface area contributed by atoms with E-state index in [9.17, 15) is 28.8 Å². The van der Waals surface area contributed by atoms with Crippen molar-refractivity contribution in [2.45, 2.75) is 166 Å². The molecule has 0 bridgehead atoms. The topological polar surface area (TPSA) is 176 Å². The van der Waals surface area contributed by atoms with Crippen LogP contribution >= 0.6 is 0 Å². The minimum Gasteiger partial charge on any atom is -0.493 e. The first-order valence-electron chi connectivity index (χ1n) is 24.4. The number of hydrogen-bond donors (Lipinski definition) is 3. The number of aldehydes is 1. The summed E-state index contributed by atoms with van der Waals surface area (Å²) in [5.74, 6) is 0.555. The van der Waals surface area contributed by atoms with E-state index in [1.165, 1.54) is 4.90 Å². The molecule has 14 nitrogen and oxygen atoms in total. The third-order valence-corrected chi connectivity index (χ3v) is 12.8. The Kier molecular flexibility index (Phi) is 22.8. The fraction of sp³-hybridized carbons (Fsp3) is 0.611. The molecule has 3 N–H and O–H groups in total. The van der Waals surface area contributed by atoms with E-state index < -0.39 is 17.0 Å². The first kappa shape index (κ1) is 58.8. The maximum absolute atomic E-state index is 12.9. The molecule has 0 spiro atoms. The van der Waals surface area contributed by atoms with Crippen molar-refractivity contribution in [1.82, 2.24) is 20.4 Å². The lowest BCUT2D eigenvalue weighted by molar-refractivity contribution is -0.149. The highest BCUT2D eigenvalue weighted by Gasteiger charge is 2.49. The third-order valence-electron chi connectivity index (χ3n) is 12.8. The van der Waals surface area contributed by atoms with E-state index in [-0.39, 0.29) is 65.3 Å². The Hall–Kier alpha value is -5.37. The molecule has 0 aromatic heterocycles. The Morgan fingerprint density at radius 2 is 1.57 bits per heavy atom. The van der Waals surface area contributed by atoms with Gasteiger partial charge in [-0.2, -0.15) is 0 Å². The molecule has 1 saturated heterocycles. The number of imide groups is 1. The fourth-order valence-corrected chi connectivity index (χ4v) is 8.46. The molecular weight excluding hydrogens is 861 g/mol. The van der Waals surface area contributed by atoms with Gasteiger partial charge < -0.3 is 35.1 Å². The minimum absolute atomic E-state index is 0.00622. The van der Waals surface area contributed by atoms with E-state index in [0.717, 1.165) is 60.0 Å². The van der Waals surface area contributed by atoms with Gasteiger partial charge in [0.05, 0.1) is 37.5 Å². The highest BCUT2D eigenvalue weighted by atomic mass is 16.5. The summed E-state index contributed by atoms with van der Waals surface area (Å²) in [6, 6.07) is 10.4. The normalized spacial score (nSPS) is 17.6. The number of carbonyl (C=O) groups excluding carboxylic acids is 6. The van der Waals surface area contributed by atoms with Gasteiger partial charge in [-0.3, -0.25) is 33.9 Å². The lowest BCUT2D eigenvalue weighted by Gasteiger charge is -2.40. The van der Waals surface area contributed by atoms with E-state index in [2.05, 4.69) is 36.7 Å². The number of benzene rings is 2. The van der Waals surface area contributed by atoms with Crippen LogP contribution in [0.4, 0.5) is 11.4 Å². The van der Waals surface area contributed by atoms with Gasteiger partial charge in [-0.25, -0.2) is 0 Å². The summed E-state index contributed by atoms with van der Waals surface area (Å²) in [6.07, 6.45) is 9.43. The maximum atomic E-state index is 12.9. The number of hydrogen-bond acceptors (Lipinski definition) is 10. The zero-order chi connectivity index (χ0) is 51.7. The average molecular weight is 945 g/mol. The molecule has 2 aliphatic rings. The number of aliphatic imine (C=N–C) groups is 1. The van der Waals surface area contributed by atoms with Gasteiger partial charge in [-0.15, -0.1) is 0 Å². The molecule has 0 aliphatic carbocycles. The summed E-state index contributed by atoms with van der Waals surface area (Å²) in [5.41, 5.74) is 2.89. The predicted molar refractivity (Wildman–Crippen MR) is 274 cm³/mol. The van der Waals surface area contributed by atoms with Crippen LogP contribution in [0.3, 0.4) is 0 Å². The monoisotopic (exact) mass is 945 g/mol. The summed E-state index contributed by atoms with van der Waals surface area (Å²) in [4.78, 5) is 81.2. The second-order valence-electron chi connectivity index (χ2n) is 20.3. The van der Waals surface area contributed by atoms with E-state index >= 15 is 0 Å². The number of methoxy groups -OCH3 is 1. The number of amides is 5. The second kappa shape index (κ2) is 26.4. The van der Waals surface area contributed by atoms with Crippen molar-refractivity contribution >= 4 is 59.5 Å². The van der Waals surface area contributed by atoms with Gasteiger partial charge in [0.15, 0.2) is 11.5 Å². The molecule has 14 heteroatoms. The van der Waals surface area contributed by atoms with Gasteiger partial charge in [0.2, 0.25) is 30.0 Å². The van der Waals surface area contributed by atoms with Crippen molar-refractivity contribution in [1.29, 1.82) is 0 Å². The van der Waals surface area contributed by atoms with Crippen LogP contribution in [0.5, 0.6) is 11.5 Å². The number of carbonyl (C=O) groups is 6. The van der Waals surface area contributed by atoms with Crippen molar-refractivity contribution in [3.8, 4) is 11.5 Å². The van der Waals surface area contributed by atoms with Crippen LogP contribution in [0.15, 0.2) is 47.6 Å². The van der Waals surface area contributed by atoms with E-state index in [4.69, 9.17) is 14.5 Å². The second-order valence-corrected chi connectivity index (χ2v) is 20.3. The number of likely N-dealkylation sites (tertiary alicyclic amines) is 1.